The molecule has 3 heteroatoms. The molecule has 0 bridgehead atoms. The summed E-state index contributed by atoms with van der Waals surface area (Å²) in [5, 5.41) is 4.30. The predicted octanol–water partition coefficient (Wildman–Crippen LogP) is 4.46. The molecule has 0 amide bonds. The fourth-order valence-corrected chi connectivity index (χ4v) is 3.06. The van der Waals surface area contributed by atoms with Crippen LogP contribution in [0.3, 0.4) is 0 Å². The Balaban J connectivity index is 2.04. The Bertz CT molecular complexity index is 431. The number of anilines is 1. The van der Waals surface area contributed by atoms with Crippen molar-refractivity contribution in [3.8, 4) is 0 Å². The zero-order valence-electron chi connectivity index (χ0n) is 13.0. The lowest BCUT2D eigenvalue weighted by Crippen LogP contribution is -2.35. The Morgan fingerprint density at radius 1 is 1.40 bits per heavy atom. The van der Waals surface area contributed by atoms with Gasteiger partial charge in [-0.1, -0.05) is 44.9 Å². The SMILES string of the molecule is CCC1CCCN(c2ccc(CNC(C)C)c(Cl)c2)C1. The van der Waals surface area contributed by atoms with Gasteiger partial charge >= 0.3 is 0 Å². The zero-order valence-corrected chi connectivity index (χ0v) is 13.7. The first kappa shape index (κ1) is 15.7. The third-order valence-corrected chi connectivity index (χ3v) is 4.55. The van der Waals surface area contributed by atoms with E-state index in [1.54, 1.807) is 0 Å². The second-order valence-electron chi connectivity index (χ2n) is 6.17. The molecule has 2 rings (SSSR count). The molecule has 0 aromatic heterocycles. The van der Waals surface area contributed by atoms with Crippen LogP contribution in [0.2, 0.25) is 5.02 Å². The van der Waals surface area contributed by atoms with E-state index >= 15 is 0 Å². The molecule has 1 unspecified atom stereocenters. The van der Waals surface area contributed by atoms with E-state index in [9.17, 15) is 0 Å². The zero-order chi connectivity index (χ0) is 14.5. The van der Waals surface area contributed by atoms with Crippen molar-refractivity contribution in [1.82, 2.24) is 5.32 Å². The van der Waals surface area contributed by atoms with E-state index in [4.69, 9.17) is 11.6 Å². The Hall–Kier alpha value is -0.730. The Morgan fingerprint density at radius 3 is 2.85 bits per heavy atom. The van der Waals surface area contributed by atoms with Crippen LogP contribution in [0, 0.1) is 5.92 Å². The minimum Gasteiger partial charge on any atom is -0.371 e. The molecule has 112 valence electrons. The summed E-state index contributed by atoms with van der Waals surface area (Å²) in [6.45, 7) is 9.78. The van der Waals surface area contributed by atoms with E-state index in [2.05, 4.69) is 49.2 Å². The normalized spacial score (nSPS) is 19.6. The van der Waals surface area contributed by atoms with Crippen LogP contribution in [0.25, 0.3) is 0 Å². The number of nitrogens with one attached hydrogen (secondary N) is 1. The van der Waals surface area contributed by atoms with E-state index < -0.39 is 0 Å². The van der Waals surface area contributed by atoms with Crippen molar-refractivity contribution in [3.05, 3.63) is 28.8 Å². The van der Waals surface area contributed by atoms with Gasteiger partial charge in [-0.3, -0.25) is 0 Å². The summed E-state index contributed by atoms with van der Waals surface area (Å²) in [5.41, 5.74) is 2.47. The molecule has 1 saturated heterocycles. The van der Waals surface area contributed by atoms with E-state index in [0.717, 1.165) is 24.0 Å². The molecule has 0 aliphatic carbocycles. The van der Waals surface area contributed by atoms with Crippen molar-refractivity contribution in [3.63, 3.8) is 0 Å². The van der Waals surface area contributed by atoms with Gasteiger partial charge in [-0.2, -0.15) is 0 Å². The summed E-state index contributed by atoms with van der Waals surface area (Å²) >= 11 is 6.44. The van der Waals surface area contributed by atoms with Gasteiger partial charge in [-0.05, 0) is 36.5 Å². The fourth-order valence-electron chi connectivity index (χ4n) is 2.82. The number of hydrogen-bond donors (Lipinski definition) is 1. The number of nitrogens with zero attached hydrogens (tertiary/aromatic N) is 1. The molecular weight excluding hydrogens is 268 g/mol. The maximum Gasteiger partial charge on any atom is 0.0471 e. The number of benzene rings is 1. The average molecular weight is 295 g/mol. The maximum absolute atomic E-state index is 6.44. The van der Waals surface area contributed by atoms with Gasteiger partial charge in [0.05, 0.1) is 0 Å². The highest BCUT2D eigenvalue weighted by Crippen LogP contribution is 2.28. The smallest absolute Gasteiger partial charge is 0.0471 e. The Labute approximate surface area is 128 Å². The van der Waals surface area contributed by atoms with Crippen molar-refractivity contribution in [1.29, 1.82) is 0 Å². The molecule has 1 atom stereocenters. The molecule has 1 heterocycles. The summed E-state index contributed by atoms with van der Waals surface area (Å²) in [6.07, 6.45) is 3.95. The molecule has 1 N–H and O–H groups in total. The van der Waals surface area contributed by atoms with Crippen LogP contribution in [0.5, 0.6) is 0 Å². The van der Waals surface area contributed by atoms with Crippen LogP contribution in [0.15, 0.2) is 18.2 Å². The second kappa shape index (κ2) is 7.33. The first-order valence-corrected chi connectivity index (χ1v) is 8.24. The van der Waals surface area contributed by atoms with Gasteiger partial charge in [-0.25, -0.2) is 0 Å². The first-order valence-electron chi connectivity index (χ1n) is 7.87. The van der Waals surface area contributed by atoms with E-state index in [1.807, 2.05) is 0 Å². The summed E-state index contributed by atoms with van der Waals surface area (Å²) in [6, 6.07) is 7.01. The summed E-state index contributed by atoms with van der Waals surface area (Å²) in [4.78, 5) is 2.49. The van der Waals surface area contributed by atoms with Gasteiger partial charge < -0.3 is 10.2 Å². The third kappa shape index (κ3) is 4.13. The molecule has 1 aliphatic rings. The number of halogens is 1. The van der Waals surface area contributed by atoms with Crippen molar-refractivity contribution in [2.45, 2.75) is 52.6 Å². The highest BCUT2D eigenvalue weighted by atomic mass is 35.5. The van der Waals surface area contributed by atoms with E-state index in [1.165, 1.54) is 37.1 Å². The lowest BCUT2D eigenvalue weighted by molar-refractivity contribution is 0.405. The fraction of sp³-hybridized carbons (Fsp3) is 0.647. The summed E-state index contributed by atoms with van der Waals surface area (Å²) in [5.74, 6) is 0.838. The van der Waals surface area contributed by atoms with Gasteiger partial charge in [0.1, 0.15) is 0 Å². The van der Waals surface area contributed by atoms with Crippen LogP contribution in [-0.2, 0) is 6.54 Å². The number of rotatable bonds is 5. The average Bonchev–Trinajstić information content (AvgIpc) is 2.46. The molecule has 1 aromatic carbocycles. The Kier molecular flexibility index (Phi) is 5.74. The monoisotopic (exact) mass is 294 g/mol. The van der Waals surface area contributed by atoms with Gasteiger partial charge in [-0.15, -0.1) is 0 Å². The van der Waals surface area contributed by atoms with Gasteiger partial charge in [0, 0.05) is 36.4 Å². The minimum atomic E-state index is 0.484. The topological polar surface area (TPSA) is 15.3 Å². The molecule has 2 nitrogen and oxygen atoms in total. The third-order valence-electron chi connectivity index (χ3n) is 4.20. The summed E-state index contributed by atoms with van der Waals surface area (Å²) < 4.78 is 0. The lowest BCUT2D eigenvalue weighted by Gasteiger charge is -2.34. The van der Waals surface area contributed by atoms with Gasteiger partial charge in [0.2, 0.25) is 0 Å². The minimum absolute atomic E-state index is 0.484. The largest absolute Gasteiger partial charge is 0.371 e. The molecule has 1 fully saturated rings. The molecular formula is C17H27ClN2. The van der Waals surface area contributed by atoms with Gasteiger partial charge in [0.15, 0.2) is 0 Å². The lowest BCUT2D eigenvalue weighted by atomic mass is 9.95. The first-order chi connectivity index (χ1) is 9.60. The van der Waals surface area contributed by atoms with Crippen LogP contribution in [0.1, 0.15) is 45.6 Å². The van der Waals surface area contributed by atoms with Crippen LogP contribution < -0.4 is 10.2 Å². The number of piperidine rings is 1. The maximum atomic E-state index is 6.44. The molecule has 1 aliphatic heterocycles. The predicted molar refractivity (Wildman–Crippen MR) is 88.7 cm³/mol. The molecule has 20 heavy (non-hydrogen) atoms. The molecule has 0 radical (unpaired) electrons. The Morgan fingerprint density at radius 2 is 2.20 bits per heavy atom. The van der Waals surface area contributed by atoms with E-state index in [-0.39, 0.29) is 0 Å². The van der Waals surface area contributed by atoms with E-state index in [0.29, 0.717) is 6.04 Å². The summed E-state index contributed by atoms with van der Waals surface area (Å²) in [7, 11) is 0. The van der Waals surface area contributed by atoms with Crippen molar-refractivity contribution in [2.24, 2.45) is 5.92 Å². The highest BCUT2D eigenvalue weighted by Gasteiger charge is 2.19. The van der Waals surface area contributed by atoms with Gasteiger partial charge in [0.25, 0.3) is 0 Å². The van der Waals surface area contributed by atoms with Crippen molar-refractivity contribution in [2.75, 3.05) is 18.0 Å². The number of hydrogen-bond acceptors (Lipinski definition) is 2. The van der Waals surface area contributed by atoms with Crippen LogP contribution in [-0.4, -0.2) is 19.1 Å². The second-order valence-corrected chi connectivity index (χ2v) is 6.58. The molecule has 0 spiro atoms. The van der Waals surface area contributed by atoms with Crippen LogP contribution >= 0.6 is 11.6 Å². The van der Waals surface area contributed by atoms with Crippen molar-refractivity contribution >= 4 is 17.3 Å². The highest BCUT2D eigenvalue weighted by molar-refractivity contribution is 6.31. The standard InChI is InChI=1S/C17H27ClN2/c1-4-14-6-5-9-20(12-14)16-8-7-15(17(18)10-16)11-19-13(2)3/h7-8,10,13-14,19H,4-6,9,11-12H2,1-3H3. The van der Waals surface area contributed by atoms with Crippen molar-refractivity contribution < 1.29 is 0 Å². The molecule has 1 aromatic rings. The van der Waals surface area contributed by atoms with Crippen LogP contribution in [0.4, 0.5) is 5.69 Å². The molecule has 0 saturated carbocycles. The quantitative estimate of drug-likeness (QED) is 0.862.